The minimum absolute atomic E-state index is 0.0841. The highest BCUT2D eigenvalue weighted by Gasteiger charge is 2.51. The lowest BCUT2D eigenvalue weighted by Crippen LogP contribution is -2.56. The average Bonchev–Trinajstić information content (AvgIpc) is 3.05. The largest absolute Gasteiger partial charge is 0.496 e. The van der Waals surface area contributed by atoms with Crippen LogP contribution < -0.4 is 10.1 Å². The SMILES string of the molecule is COc1ccccc1[C@@]1(O)COCC2(C1)N[C@@H](c1ccc(F)cc1)CO2. The molecule has 5 nitrogen and oxygen atoms in total. The van der Waals surface area contributed by atoms with Gasteiger partial charge in [0.05, 0.1) is 33.0 Å². The zero-order valence-corrected chi connectivity index (χ0v) is 14.6. The Bertz CT molecular complexity index is 784. The quantitative estimate of drug-likeness (QED) is 0.882. The summed E-state index contributed by atoms with van der Waals surface area (Å²) >= 11 is 0. The summed E-state index contributed by atoms with van der Waals surface area (Å²) in [6.07, 6.45) is 0.331. The first-order valence-electron chi connectivity index (χ1n) is 8.64. The summed E-state index contributed by atoms with van der Waals surface area (Å²) in [6, 6.07) is 13.7. The summed E-state index contributed by atoms with van der Waals surface area (Å²) in [5, 5.41) is 14.7. The van der Waals surface area contributed by atoms with Gasteiger partial charge in [-0.25, -0.2) is 4.39 Å². The van der Waals surface area contributed by atoms with Crippen molar-refractivity contribution in [2.75, 3.05) is 26.9 Å². The maximum atomic E-state index is 13.2. The van der Waals surface area contributed by atoms with Gasteiger partial charge in [-0.2, -0.15) is 0 Å². The summed E-state index contributed by atoms with van der Waals surface area (Å²) in [5.41, 5.74) is -0.408. The van der Waals surface area contributed by atoms with Gasteiger partial charge in [0.25, 0.3) is 0 Å². The predicted octanol–water partition coefficient (Wildman–Crippen LogP) is 2.50. The zero-order chi connectivity index (χ0) is 18.2. The lowest BCUT2D eigenvalue weighted by atomic mass is 9.84. The van der Waals surface area contributed by atoms with Gasteiger partial charge in [-0.05, 0) is 23.8 Å². The Hall–Kier alpha value is -1.99. The molecule has 1 unspecified atom stereocenters. The zero-order valence-electron chi connectivity index (χ0n) is 14.6. The molecule has 0 amide bonds. The molecule has 4 rings (SSSR count). The normalized spacial score (nSPS) is 31.3. The lowest BCUT2D eigenvalue weighted by molar-refractivity contribution is -0.194. The summed E-state index contributed by atoms with van der Waals surface area (Å²) in [6.45, 7) is 0.931. The van der Waals surface area contributed by atoms with Gasteiger partial charge in [-0.1, -0.05) is 30.3 Å². The van der Waals surface area contributed by atoms with E-state index in [1.54, 1.807) is 19.2 Å². The van der Waals surface area contributed by atoms with Crippen molar-refractivity contribution < 1.29 is 23.7 Å². The molecule has 0 radical (unpaired) electrons. The third-order valence-electron chi connectivity index (χ3n) is 5.10. The van der Waals surface area contributed by atoms with E-state index in [0.29, 0.717) is 30.9 Å². The Morgan fingerprint density at radius 3 is 2.69 bits per heavy atom. The van der Waals surface area contributed by atoms with E-state index in [1.807, 2.05) is 24.3 Å². The van der Waals surface area contributed by atoms with Crippen LogP contribution in [0.4, 0.5) is 4.39 Å². The molecule has 3 atom stereocenters. The van der Waals surface area contributed by atoms with Gasteiger partial charge >= 0.3 is 0 Å². The molecule has 0 aromatic heterocycles. The number of benzene rings is 2. The predicted molar refractivity (Wildman–Crippen MR) is 93.3 cm³/mol. The summed E-state index contributed by atoms with van der Waals surface area (Å²) in [5.74, 6) is 0.345. The van der Waals surface area contributed by atoms with Crippen LogP contribution in [0.25, 0.3) is 0 Å². The second-order valence-electron chi connectivity index (χ2n) is 6.96. The number of aliphatic hydroxyl groups is 1. The van der Waals surface area contributed by atoms with Gasteiger partial charge in [0.15, 0.2) is 0 Å². The third-order valence-corrected chi connectivity index (χ3v) is 5.10. The van der Waals surface area contributed by atoms with E-state index < -0.39 is 11.3 Å². The van der Waals surface area contributed by atoms with Crippen molar-refractivity contribution in [3.8, 4) is 5.75 Å². The van der Waals surface area contributed by atoms with Crippen molar-refractivity contribution in [1.82, 2.24) is 5.32 Å². The molecule has 0 bridgehead atoms. The molecular weight excluding hydrogens is 337 g/mol. The standard InChI is InChI=1S/C20H22FNO4/c1-24-18-5-3-2-4-16(18)19(23)11-20(13-25-12-19)22-17(10-26-20)14-6-8-15(21)9-7-14/h2-9,17,22-23H,10-13H2,1H3/t17-,19+,20?/m1/s1. The first-order valence-corrected chi connectivity index (χ1v) is 8.64. The van der Waals surface area contributed by atoms with E-state index in [2.05, 4.69) is 5.32 Å². The van der Waals surface area contributed by atoms with Crippen molar-refractivity contribution in [2.24, 2.45) is 0 Å². The highest BCUT2D eigenvalue weighted by atomic mass is 19.1. The number of rotatable bonds is 3. The topological polar surface area (TPSA) is 60.0 Å². The molecule has 2 heterocycles. The van der Waals surface area contributed by atoms with E-state index in [9.17, 15) is 9.50 Å². The Kier molecular flexibility index (Phi) is 4.44. The fraction of sp³-hybridized carbons (Fsp3) is 0.400. The molecule has 2 N–H and O–H groups in total. The van der Waals surface area contributed by atoms with Crippen LogP contribution in [0, 0.1) is 5.82 Å². The Morgan fingerprint density at radius 1 is 1.15 bits per heavy atom. The molecular formula is C20H22FNO4. The van der Waals surface area contributed by atoms with Gasteiger partial charge in [0.1, 0.15) is 22.9 Å². The molecule has 1 spiro atoms. The smallest absolute Gasteiger partial charge is 0.146 e. The van der Waals surface area contributed by atoms with Crippen LogP contribution in [-0.2, 0) is 15.1 Å². The molecule has 0 aliphatic carbocycles. The van der Waals surface area contributed by atoms with Crippen molar-refractivity contribution in [2.45, 2.75) is 23.8 Å². The summed E-state index contributed by atoms with van der Waals surface area (Å²) in [4.78, 5) is 0. The van der Waals surface area contributed by atoms with Crippen LogP contribution in [0.1, 0.15) is 23.6 Å². The number of ether oxygens (including phenoxy) is 3. The maximum Gasteiger partial charge on any atom is 0.146 e. The third kappa shape index (κ3) is 3.10. The van der Waals surface area contributed by atoms with E-state index in [0.717, 1.165) is 5.56 Å². The molecule has 138 valence electrons. The van der Waals surface area contributed by atoms with E-state index in [4.69, 9.17) is 14.2 Å². The number of hydrogen-bond acceptors (Lipinski definition) is 5. The Labute approximate surface area is 151 Å². The van der Waals surface area contributed by atoms with Crippen molar-refractivity contribution in [3.63, 3.8) is 0 Å². The van der Waals surface area contributed by atoms with E-state index in [1.165, 1.54) is 12.1 Å². The number of methoxy groups -OCH3 is 1. The highest BCUT2D eigenvalue weighted by molar-refractivity contribution is 5.39. The molecule has 2 aliphatic rings. The maximum absolute atomic E-state index is 13.2. The number of nitrogens with one attached hydrogen (secondary N) is 1. The average molecular weight is 359 g/mol. The second kappa shape index (κ2) is 6.63. The first-order chi connectivity index (χ1) is 12.5. The van der Waals surface area contributed by atoms with Gasteiger partial charge in [0.2, 0.25) is 0 Å². The van der Waals surface area contributed by atoms with Crippen LogP contribution in [0.15, 0.2) is 48.5 Å². The Balaban J connectivity index is 1.57. The van der Waals surface area contributed by atoms with E-state index >= 15 is 0 Å². The first kappa shape index (κ1) is 17.4. The van der Waals surface area contributed by atoms with Crippen LogP contribution in [0.2, 0.25) is 0 Å². The molecule has 6 heteroatoms. The Morgan fingerprint density at radius 2 is 1.92 bits per heavy atom. The second-order valence-corrected chi connectivity index (χ2v) is 6.96. The minimum atomic E-state index is -1.23. The van der Waals surface area contributed by atoms with Gasteiger partial charge in [-0.15, -0.1) is 0 Å². The molecule has 2 aliphatic heterocycles. The molecule has 2 aromatic carbocycles. The fourth-order valence-electron chi connectivity index (χ4n) is 3.87. The van der Waals surface area contributed by atoms with Gasteiger partial charge in [0, 0.05) is 12.0 Å². The number of hydrogen-bond donors (Lipinski definition) is 2. The molecule has 0 saturated carbocycles. The monoisotopic (exact) mass is 359 g/mol. The fourth-order valence-corrected chi connectivity index (χ4v) is 3.87. The number of para-hydroxylation sites is 1. The van der Waals surface area contributed by atoms with Crippen LogP contribution >= 0.6 is 0 Å². The lowest BCUT2D eigenvalue weighted by Gasteiger charge is -2.43. The summed E-state index contributed by atoms with van der Waals surface area (Å²) < 4.78 is 30.3. The van der Waals surface area contributed by atoms with Crippen LogP contribution in [-0.4, -0.2) is 37.8 Å². The van der Waals surface area contributed by atoms with E-state index in [-0.39, 0.29) is 18.5 Å². The van der Waals surface area contributed by atoms with Crippen molar-refractivity contribution in [3.05, 3.63) is 65.5 Å². The molecule has 2 aromatic rings. The highest BCUT2D eigenvalue weighted by Crippen LogP contribution is 2.42. The van der Waals surface area contributed by atoms with Gasteiger partial charge < -0.3 is 19.3 Å². The van der Waals surface area contributed by atoms with Crippen LogP contribution in [0.5, 0.6) is 5.75 Å². The molecule has 26 heavy (non-hydrogen) atoms. The van der Waals surface area contributed by atoms with Crippen molar-refractivity contribution >= 4 is 0 Å². The molecule has 2 saturated heterocycles. The van der Waals surface area contributed by atoms with Gasteiger partial charge in [-0.3, -0.25) is 5.32 Å². The molecule has 2 fully saturated rings. The minimum Gasteiger partial charge on any atom is -0.496 e. The number of halogens is 1. The summed E-state index contributed by atoms with van der Waals surface area (Å²) in [7, 11) is 1.58. The van der Waals surface area contributed by atoms with Crippen molar-refractivity contribution in [1.29, 1.82) is 0 Å². The van der Waals surface area contributed by atoms with Crippen LogP contribution in [0.3, 0.4) is 0 Å².